The Morgan fingerprint density at radius 1 is 1.29 bits per heavy atom. The third-order valence-electron chi connectivity index (χ3n) is 1.81. The Hall–Kier alpha value is -1.71. The van der Waals surface area contributed by atoms with Crippen LogP contribution in [0.1, 0.15) is 5.56 Å². The first-order valence-electron chi connectivity index (χ1n) is 4.43. The van der Waals surface area contributed by atoms with E-state index in [9.17, 15) is 0 Å². The Kier molecular flexibility index (Phi) is 3.34. The Morgan fingerprint density at radius 2 is 1.86 bits per heavy atom. The molecule has 0 unspecified atom stereocenters. The molecule has 0 radical (unpaired) electrons. The Morgan fingerprint density at radius 3 is 2.36 bits per heavy atom. The van der Waals surface area contributed by atoms with Crippen molar-refractivity contribution in [3.8, 4) is 0 Å². The smallest absolute Gasteiger partial charge is 0.213 e. The number of benzene rings is 1. The van der Waals surface area contributed by atoms with E-state index in [2.05, 4.69) is 10.5 Å². The average Bonchev–Trinajstić information content (AvgIpc) is 2.16. The second-order valence-electron chi connectivity index (χ2n) is 3.34. The van der Waals surface area contributed by atoms with Crippen LogP contribution in [0.4, 0.5) is 5.69 Å². The van der Waals surface area contributed by atoms with Crippen molar-refractivity contribution < 1.29 is 0 Å². The number of guanidine groups is 1. The lowest BCUT2D eigenvalue weighted by Crippen LogP contribution is -2.31. The summed E-state index contributed by atoms with van der Waals surface area (Å²) >= 11 is 0. The lowest BCUT2D eigenvalue weighted by Gasteiger charge is -2.10. The van der Waals surface area contributed by atoms with E-state index in [4.69, 9.17) is 5.73 Å². The molecule has 0 fully saturated rings. The predicted molar refractivity (Wildman–Crippen MR) is 60.1 cm³/mol. The van der Waals surface area contributed by atoms with Gasteiger partial charge in [0.2, 0.25) is 5.96 Å². The summed E-state index contributed by atoms with van der Waals surface area (Å²) in [7, 11) is 3.69. The van der Waals surface area contributed by atoms with Crippen LogP contribution in [0.5, 0.6) is 0 Å². The largest absolute Gasteiger partial charge is 0.368 e. The standard InChI is InChI=1S/C10H16N4/c1-8-4-6-9(7-5-8)12-13-10(11)14(2)3/h4-7,12H,1-3H3,(H2,11,13). The number of hydrogen-bond acceptors (Lipinski definition) is 2. The summed E-state index contributed by atoms with van der Waals surface area (Å²) < 4.78 is 0. The van der Waals surface area contributed by atoms with Gasteiger partial charge in [-0.1, -0.05) is 17.7 Å². The van der Waals surface area contributed by atoms with Crippen LogP contribution in [-0.4, -0.2) is 25.0 Å². The van der Waals surface area contributed by atoms with Crippen molar-refractivity contribution in [1.29, 1.82) is 0 Å². The van der Waals surface area contributed by atoms with E-state index in [0.29, 0.717) is 5.96 Å². The number of aryl methyl sites for hydroxylation is 1. The molecule has 0 saturated carbocycles. The van der Waals surface area contributed by atoms with Gasteiger partial charge in [-0.05, 0) is 19.1 Å². The van der Waals surface area contributed by atoms with Gasteiger partial charge in [0, 0.05) is 14.1 Å². The van der Waals surface area contributed by atoms with Crippen LogP contribution >= 0.6 is 0 Å². The first-order chi connectivity index (χ1) is 6.59. The zero-order chi connectivity index (χ0) is 10.6. The maximum atomic E-state index is 5.61. The summed E-state index contributed by atoms with van der Waals surface area (Å²) in [6, 6.07) is 7.96. The van der Waals surface area contributed by atoms with Crippen molar-refractivity contribution >= 4 is 11.6 Å². The van der Waals surface area contributed by atoms with Gasteiger partial charge < -0.3 is 10.6 Å². The van der Waals surface area contributed by atoms with E-state index < -0.39 is 0 Å². The highest BCUT2D eigenvalue weighted by atomic mass is 15.4. The predicted octanol–water partition coefficient (Wildman–Crippen LogP) is 1.20. The van der Waals surface area contributed by atoms with Crippen LogP contribution in [0.2, 0.25) is 0 Å². The average molecular weight is 192 g/mol. The molecule has 14 heavy (non-hydrogen) atoms. The van der Waals surface area contributed by atoms with Crippen molar-refractivity contribution in [2.45, 2.75) is 6.92 Å². The SMILES string of the molecule is Cc1ccc(N/N=C(\N)N(C)C)cc1. The molecule has 1 rings (SSSR count). The minimum atomic E-state index is 0.450. The van der Waals surface area contributed by atoms with Crippen molar-refractivity contribution in [1.82, 2.24) is 4.90 Å². The number of hydrogen-bond donors (Lipinski definition) is 2. The molecule has 0 aliphatic rings. The maximum absolute atomic E-state index is 5.61. The summed E-state index contributed by atoms with van der Waals surface area (Å²) in [6.07, 6.45) is 0. The van der Waals surface area contributed by atoms with Crippen LogP contribution in [0.25, 0.3) is 0 Å². The van der Waals surface area contributed by atoms with Crippen LogP contribution in [-0.2, 0) is 0 Å². The first kappa shape index (κ1) is 10.4. The van der Waals surface area contributed by atoms with Gasteiger partial charge >= 0.3 is 0 Å². The summed E-state index contributed by atoms with van der Waals surface area (Å²) in [5.41, 5.74) is 10.6. The summed E-state index contributed by atoms with van der Waals surface area (Å²) in [4.78, 5) is 1.74. The van der Waals surface area contributed by atoms with Crippen molar-refractivity contribution in [2.24, 2.45) is 10.8 Å². The van der Waals surface area contributed by atoms with Crippen molar-refractivity contribution in [3.05, 3.63) is 29.8 Å². The number of nitrogens with two attached hydrogens (primary N) is 1. The molecule has 1 aromatic carbocycles. The van der Waals surface area contributed by atoms with Crippen LogP contribution < -0.4 is 11.2 Å². The van der Waals surface area contributed by atoms with Gasteiger partial charge in [0.15, 0.2) is 0 Å². The van der Waals surface area contributed by atoms with Gasteiger partial charge in [-0.3, -0.25) is 5.43 Å². The number of rotatable bonds is 2. The van der Waals surface area contributed by atoms with Gasteiger partial charge in [0.05, 0.1) is 5.69 Å². The molecule has 0 aromatic heterocycles. The molecular formula is C10H16N4. The van der Waals surface area contributed by atoms with E-state index in [0.717, 1.165) is 5.69 Å². The molecule has 4 nitrogen and oxygen atoms in total. The monoisotopic (exact) mass is 192 g/mol. The molecule has 0 bridgehead atoms. The molecule has 3 N–H and O–H groups in total. The van der Waals surface area contributed by atoms with Gasteiger partial charge in [-0.25, -0.2) is 0 Å². The highest BCUT2D eigenvalue weighted by Gasteiger charge is 1.93. The van der Waals surface area contributed by atoms with Crippen LogP contribution in [0.15, 0.2) is 29.4 Å². The number of nitrogens with zero attached hydrogens (tertiary/aromatic N) is 2. The molecule has 0 spiro atoms. The van der Waals surface area contributed by atoms with Gasteiger partial charge in [-0.15, -0.1) is 5.10 Å². The molecule has 0 aliphatic heterocycles. The summed E-state index contributed by atoms with van der Waals surface area (Å²) in [5.74, 6) is 0.450. The fourth-order valence-corrected chi connectivity index (χ4v) is 0.850. The minimum Gasteiger partial charge on any atom is -0.368 e. The summed E-state index contributed by atoms with van der Waals surface area (Å²) in [6.45, 7) is 2.04. The van der Waals surface area contributed by atoms with Crippen molar-refractivity contribution in [3.63, 3.8) is 0 Å². The molecular weight excluding hydrogens is 176 g/mol. The lowest BCUT2D eigenvalue weighted by molar-refractivity contribution is 0.613. The lowest BCUT2D eigenvalue weighted by atomic mass is 10.2. The van der Waals surface area contributed by atoms with Crippen molar-refractivity contribution in [2.75, 3.05) is 19.5 Å². The molecule has 0 amide bonds. The first-order valence-corrected chi connectivity index (χ1v) is 4.43. The molecule has 0 saturated heterocycles. The molecule has 0 aliphatic carbocycles. The van der Waals surface area contributed by atoms with Gasteiger partial charge in [-0.2, -0.15) is 0 Å². The third-order valence-corrected chi connectivity index (χ3v) is 1.81. The third kappa shape index (κ3) is 2.97. The van der Waals surface area contributed by atoms with Crippen LogP contribution in [0, 0.1) is 6.92 Å². The van der Waals surface area contributed by atoms with E-state index in [1.807, 2.05) is 45.3 Å². The molecule has 0 atom stereocenters. The van der Waals surface area contributed by atoms with Crippen LogP contribution in [0.3, 0.4) is 0 Å². The van der Waals surface area contributed by atoms with E-state index in [1.54, 1.807) is 4.90 Å². The number of nitrogens with one attached hydrogen (secondary N) is 1. The molecule has 1 aromatic rings. The highest BCUT2D eigenvalue weighted by molar-refractivity contribution is 5.78. The Balaban J connectivity index is 2.62. The maximum Gasteiger partial charge on any atom is 0.213 e. The normalized spacial score (nSPS) is 11.2. The topological polar surface area (TPSA) is 53.6 Å². The molecule has 76 valence electrons. The number of anilines is 1. The molecule has 0 heterocycles. The molecule has 4 heteroatoms. The number of hydrazone groups is 1. The second kappa shape index (κ2) is 4.50. The van der Waals surface area contributed by atoms with E-state index >= 15 is 0 Å². The second-order valence-corrected chi connectivity index (χ2v) is 3.34. The minimum absolute atomic E-state index is 0.450. The van der Waals surface area contributed by atoms with E-state index in [1.165, 1.54) is 5.56 Å². The fraction of sp³-hybridized carbons (Fsp3) is 0.300. The Bertz CT molecular complexity index is 313. The highest BCUT2D eigenvalue weighted by Crippen LogP contribution is 2.07. The zero-order valence-corrected chi connectivity index (χ0v) is 8.78. The quantitative estimate of drug-likeness (QED) is 0.420. The van der Waals surface area contributed by atoms with Gasteiger partial charge in [0.25, 0.3) is 0 Å². The summed E-state index contributed by atoms with van der Waals surface area (Å²) in [5, 5.41) is 3.99. The van der Waals surface area contributed by atoms with E-state index in [-0.39, 0.29) is 0 Å². The Labute approximate surface area is 84.4 Å². The fourth-order valence-electron chi connectivity index (χ4n) is 0.850. The van der Waals surface area contributed by atoms with Gasteiger partial charge in [0.1, 0.15) is 0 Å². The zero-order valence-electron chi connectivity index (χ0n) is 8.78.